The van der Waals surface area contributed by atoms with Crippen LogP contribution >= 0.6 is 11.6 Å². The van der Waals surface area contributed by atoms with Gasteiger partial charge in [-0.15, -0.1) is 0 Å². The maximum atomic E-state index is 6.41. The average molecular weight is 471 g/mol. The van der Waals surface area contributed by atoms with Crippen LogP contribution in [-0.4, -0.2) is 13.2 Å². The predicted molar refractivity (Wildman–Crippen MR) is 141 cm³/mol. The van der Waals surface area contributed by atoms with E-state index in [-0.39, 0.29) is 12.2 Å². The maximum Gasteiger partial charge on any atom is 0.108 e. The minimum atomic E-state index is -0.182. The topological polar surface area (TPSA) is 18.5 Å². The Morgan fingerprint density at radius 1 is 0.471 bits per heavy atom. The van der Waals surface area contributed by atoms with Gasteiger partial charge in [-0.1, -0.05) is 113 Å². The van der Waals surface area contributed by atoms with Crippen LogP contribution in [0, 0.1) is 20.8 Å². The van der Waals surface area contributed by atoms with Gasteiger partial charge in [0.15, 0.2) is 0 Å². The summed E-state index contributed by atoms with van der Waals surface area (Å²) in [6, 6.07) is 33.4. The first kappa shape index (κ1) is 24.2. The summed E-state index contributed by atoms with van der Waals surface area (Å²) in [6.07, 6.45) is -0.322. The molecule has 4 aromatic carbocycles. The van der Waals surface area contributed by atoms with E-state index in [1.54, 1.807) is 0 Å². The summed E-state index contributed by atoms with van der Waals surface area (Å²) >= 11 is 6.12. The largest absolute Gasteiger partial charge is 0.366 e. The first-order valence-corrected chi connectivity index (χ1v) is 12.1. The van der Waals surface area contributed by atoms with Crippen LogP contribution < -0.4 is 0 Å². The standard InChI is InChI=1S/C31H31ClO2/c1-22-4-10-25(11-5-22)30(26-12-6-23(2)7-13-26)33-20-21-34-31(27-14-8-24(3)9-15-27)28-16-18-29(32)19-17-28/h4-19,30-31H,20-21H2,1-3H3. The van der Waals surface area contributed by atoms with Crippen molar-refractivity contribution in [3.05, 3.63) is 141 Å². The number of benzene rings is 4. The van der Waals surface area contributed by atoms with Gasteiger partial charge in [0.25, 0.3) is 0 Å². The van der Waals surface area contributed by atoms with Crippen LogP contribution in [0.15, 0.2) is 97.1 Å². The molecule has 0 saturated heterocycles. The lowest BCUT2D eigenvalue weighted by atomic mass is 9.99. The van der Waals surface area contributed by atoms with Gasteiger partial charge in [-0.2, -0.15) is 0 Å². The molecular formula is C31H31ClO2. The van der Waals surface area contributed by atoms with Gasteiger partial charge in [0.1, 0.15) is 12.2 Å². The fourth-order valence-electron chi connectivity index (χ4n) is 3.96. The third kappa shape index (κ3) is 6.36. The molecule has 0 aliphatic heterocycles. The number of hydrogen-bond acceptors (Lipinski definition) is 2. The molecular weight excluding hydrogens is 440 g/mol. The predicted octanol–water partition coefficient (Wildman–Crippen LogP) is 8.18. The lowest BCUT2D eigenvalue weighted by Gasteiger charge is -2.22. The van der Waals surface area contributed by atoms with Crippen molar-refractivity contribution >= 4 is 11.6 Å². The van der Waals surface area contributed by atoms with E-state index in [0.717, 1.165) is 22.3 Å². The van der Waals surface area contributed by atoms with Crippen LogP contribution in [-0.2, 0) is 9.47 Å². The number of rotatable bonds is 9. The van der Waals surface area contributed by atoms with Crippen molar-refractivity contribution in [1.82, 2.24) is 0 Å². The molecule has 34 heavy (non-hydrogen) atoms. The van der Waals surface area contributed by atoms with Crippen LogP contribution in [0.2, 0.25) is 5.02 Å². The fraction of sp³-hybridized carbons (Fsp3) is 0.226. The third-order valence-electron chi connectivity index (χ3n) is 5.97. The molecule has 0 bridgehead atoms. The normalized spacial score (nSPS) is 12.1. The van der Waals surface area contributed by atoms with E-state index in [9.17, 15) is 0 Å². The maximum absolute atomic E-state index is 6.41. The van der Waals surface area contributed by atoms with Crippen LogP contribution in [0.5, 0.6) is 0 Å². The van der Waals surface area contributed by atoms with Gasteiger partial charge in [0.2, 0.25) is 0 Å². The lowest BCUT2D eigenvalue weighted by Crippen LogP contribution is -2.14. The highest BCUT2D eigenvalue weighted by Crippen LogP contribution is 2.29. The molecule has 0 heterocycles. The highest BCUT2D eigenvalue weighted by molar-refractivity contribution is 6.30. The molecule has 4 aromatic rings. The van der Waals surface area contributed by atoms with E-state index in [1.807, 2.05) is 24.3 Å². The molecule has 2 nitrogen and oxygen atoms in total. The molecule has 0 amide bonds. The first-order chi connectivity index (χ1) is 16.5. The Morgan fingerprint density at radius 3 is 1.03 bits per heavy atom. The van der Waals surface area contributed by atoms with Crippen molar-refractivity contribution in [3.63, 3.8) is 0 Å². The van der Waals surface area contributed by atoms with E-state index >= 15 is 0 Å². The fourth-order valence-corrected chi connectivity index (χ4v) is 4.09. The molecule has 174 valence electrons. The molecule has 0 aliphatic rings. The second-order valence-electron chi connectivity index (χ2n) is 8.79. The highest BCUT2D eigenvalue weighted by Gasteiger charge is 2.17. The van der Waals surface area contributed by atoms with Gasteiger partial charge in [-0.25, -0.2) is 0 Å². The molecule has 0 radical (unpaired) electrons. The Morgan fingerprint density at radius 2 is 0.735 bits per heavy atom. The van der Waals surface area contributed by atoms with E-state index < -0.39 is 0 Å². The SMILES string of the molecule is Cc1ccc(C(OCCOC(c2ccc(C)cc2)c2ccc(Cl)cc2)c2ccc(C)cc2)cc1. The Kier molecular flexibility index (Phi) is 8.18. The van der Waals surface area contributed by atoms with Crippen LogP contribution in [0.3, 0.4) is 0 Å². The summed E-state index contributed by atoms with van der Waals surface area (Å²) in [4.78, 5) is 0. The second kappa shape index (κ2) is 11.5. The molecule has 0 aromatic heterocycles. The Hall–Kier alpha value is -2.91. The van der Waals surface area contributed by atoms with Gasteiger partial charge in [0.05, 0.1) is 13.2 Å². The zero-order valence-corrected chi connectivity index (χ0v) is 20.8. The highest BCUT2D eigenvalue weighted by atomic mass is 35.5. The summed E-state index contributed by atoms with van der Waals surface area (Å²) in [7, 11) is 0. The second-order valence-corrected chi connectivity index (χ2v) is 9.22. The van der Waals surface area contributed by atoms with Crippen molar-refractivity contribution < 1.29 is 9.47 Å². The minimum absolute atomic E-state index is 0.141. The molecule has 3 heteroatoms. The molecule has 1 atom stereocenters. The zero-order chi connectivity index (χ0) is 23.9. The lowest BCUT2D eigenvalue weighted by molar-refractivity contribution is -0.000912. The quantitative estimate of drug-likeness (QED) is 0.229. The van der Waals surface area contributed by atoms with Gasteiger partial charge < -0.3 is 9.47 Å². The van der Waals surface area contributed by atoms with E-state index in [0.29, 0.717) is 18.2 Å². The molecule has 0 saturated carbocycles. The van der Waals surface area contributed by atoms with E-state index in [1.165, 1.54) is 16.7 Å². The first-order valence-electron chi connectivity index (χ1n) is 11.7. The minimum Gasteiger partial charge on any atom is -0.366 e. The Bertz CT molecular complexity index is 976. The summed E-state index contributed by atoms with van der Waals surface area (Å²) in [6.45, 7) is 7.23. The van der Waals surface area contributed by atoms with E-state index in [4.69, 9.17) is 21.1 Å². The number of halogens is 1. The van der Waals surface area contributed by atoms with Crippen LogP contribution in [0.4, 0.5) is 0 Å². The summed E-state index contributed by atoms with van der Waals surface area (Å²) in [5.74, 6) is 0. The number of hydrogen-bond donors (Lipinski definition) is 0. The van der Waals surface area contributed by atoms with Gasteiger partial charge in [-0.3, -0.25) is 0 Å². The van der Waals surface area contributed by atoms with Gasteiger partial charge >= 0.3 is 0 Å². The Balaban J connectivity index is 1.48. The molecule has 0 spiro atoms. The zero-order valence-electron chi connectivity index (χ0n) is 20.0. The monoisotopic (exact) mass is 470 g/mol. The van der Waals surface area contributed by atoms with E-state index in [2.05, 4.69) is 93.6 Å². The Labute approximate surface area is 208 Å². The van der Waals surface area contributed by atoms with Crippen LogP contribution in [0.25, 0.3) is 0 Å². The van der Waals surface area contributed by atoms with Crippen molar-refractivity contribution in [1.29, 1.82) is 0 Å². The van der Waals surface area contributed by atoms with Crippen molar-refractivity contribution in [2.75, 3.05) is 13.2 Å². The average Bonchev–Trinajstić information content (AvgIpc) is 2.85. The van der Waals surface area contributed by atoms with Gasteiger partial charge in [-0.05, 0) is 55.2 Å². The summed E-state index contributed by atoms with van der Waals surface area (Å²) in [5, 5.41) is 0.716. The van der Waals surface area contributed by atoms with Gasteiger partial charge in [0, 0.05) is 5.02 Å². The number of aryl methyl sites for hydroxylation is 3. The molecule has 0 fully saturated rings. The summed E-state index contributed by atoms with van der Waals surface area (Å²) in [5.41, 5.74) is 8.16. The van der Waals surface area contributed by atoms with Crippen molar-refractivity contribution in [2.45, 2.75) is 33.0 Å². The van der Waals surface area contributed by atoms with Crippen LogP contribution in [0.1, 0.15) is 51.2 Å². The third-order valence-corrected chi connectivity index (χ3v) is 6.22. The molecule has 0 aliphatic carbocycles. The molecule has 4 rings (SSSR count). The summed E-state index contributed by atoms with van der Waals surface area (Å²) < 4.78 is 12.8. The smallest absolute Gasteiger partial charge is 0.108 e. The number of ether oxygens (including phenoxy) is 2. The molecule has 0 N–H and O–H groups in total. The van der Waals surface area contributed by atoms with Crippen molar-refractivity contribution in [2.24, 2.45) is 0 Å². The molecule has 1 unspecified atom stereocenters. The van der Waals surface area contributed by atoms with Crippen molar-refractivity contribution in [3.8, 4) is 0 Å².